The lowest BCUT2D eigenvalue weighted by Crippen LogP contribution is -1.94. The number of ether oxygens (including phenoxy) is 1. The van der Waals surface area contributed by atoms with Crippen molar-refractivity contribution in [2.75, 3.05) is 12.4 Å². The molecule has 0 aliphatic rings. The fourth-order valence-electron chi connectivity index (χ4n) is 0.818. The van der Waals surface area contributed by atoms with E-state index in [2.05, 4.69) is 21.2 Å². The zero-order valence-corrected chi connectivity index (χ0v) is 8.09. The van der Waals surface area contributed by atoms with Crippen molar-refractivity contribution >= 4 is 28.0 Å². The molecule has 0 atom stereocenters. The van der Waals surface area contributed by atoms with E-state index in [-0.39, 0.29) is 0 Å². The molecule has 0 saturated carbocycles. The number of nitrogens with one attached hydrogen (secondary N) is 1. The van der Waals surface area contributed by atoms with E-state index >= 15 is 0 Å². The van der Waals surface area contributed by atoms with E-state index in [0.29, 0.717) is 17.8 Å². The van der Waals surface area contributed by atoms with Gasteiger partial charge in [0.05, 0.1) is 11.6 Å². The monoisotopic (exact) mass is 229 g/mol. The molecule has 0 fully saturated rings. The zero-order chi connectivity index (χ0) is 8.97. The lowest BCUT2D eigenvalue weighted by molar-refractivity contribution is -0.105. The number of anilines is 1. The third kappa shape index (κ3) is 1.98. The van der Waals surface area contributed by atoms with E-state index in [1.165, 1.54) is 0 Å². The average molecular weight is 230 g/mol. The van der Waals surface area contributed by atoms with Crippen LogP contribution in [0.4, 0.5) is 5.69 Å². The third-order valence-electron chi connectivity index (χ3n) is 1.38. The van der Waals surface area contributed by atoms with Gasteiger partial charge in [0.25, 0.3) is 0 Å². The molecule has 0 aliphatic carbocycles. The number of carbonyl (C=O) groups is 1. The highest BCUT2D eigenvalue weighted by Crippen LogP contribution is 2.27. The molecule has 0 unspecified atom stereocenters. The first-order chi connectivity index (χ1) is 5.77. The lowest BCUT2D eigenvalue weighted by Gasteiger charge is -2.04. The number of carbonyl (C=O) groups excluding carboxylic acids is 1. The van der Waals surface area contributed by atoms with Crippen LogP contribution in [-0.2, 0) is 4.79 Å². The Morgan fingerprint density at radius 3 is 2.92 bits per heavy atom. The van der Waals surface area contributed by atoms with Gasteiger partial charge in [0, 0.05) is 11.8 Å². The minimum absolute atomic E-state index is 0.628. The molecule has 12 heavy (non-hydrogen) atoms. The van der Waals surface area contributed by atoms with Crippen LogP contribution >= 0.6 is 15.9 Å². The largest absolute Gasteiger partial charge is 0.495 e. The minimum atomic E-state index is 0.628. The summed E-state index contributed by atoms with van der Waals surface area (Å²) in [4.78, 5) is 10.1. The lowest BCUT2D eigenvalue weighted by atomic mass is 10.3. The van der Waals surface area contributed by atoms with Gasteiger partial charge in [0.2, 0.25) is 6.41 Å². The van der Waals surface area contributed by atoms with Gasteiger partial charge < -0.3 is 10.1 Å². The number of amides is 1. The van der Waals surface area contributed by atoms with E-state index in [9.17, 15) is 4.79 Å². The Kier molecular flexibility index (Phi) is 3.10. The molecular weight excluding hydrogens is 222 g/mol. The Labute approximate surface area is 78.9 Å². The number of hydrogen-bond acceptors (Lipinski definition) is 2. The van der Waals surface area contributed by atoms with Crippen molar-refractivity contribution in [3.8, 4) is 5.75 Å². The average Bonchev–Trinajstić information content (AvgIpc) is 2.09. The predicted molar refractivity (Wildman–Crippen MR) is 50.4 cm³/mol. The smallest absolute Gasteiger partial charge is 0.211 e. The molecule has 0 saturated heterocycles. The molecule has 1 amide bonds. The van der Waals surface area contributed by atoms with Gasteiger partial charge in [-0.2, -0.15) is 0 Å². The Balaban J connectivity index is 2.96. The first-order valence-electron chi connectivity index (χ1n) is 3.31. The van der Waals surface area contributed by atoms with E-state index in [0.717, 1.165) is 4.47 Å². The van der Waals surface area contributed by atoms with Crippen LogP contribution in [-0.4, -0.2) is 13.5 Å². The topological polar surface area (TPSA) is 38.3 Å². The molecule has 4 heteroatoms. The van der Waals surface area contributed by atoms with Gasteiger partial charge in [-0.15, -0.1) is 0 Å². The second-order valence-corrected chi connectivity index (χ2v) is 2.97. The number of methoxy groups -OCH3 is 1. The van der Waals surface area contributed by atoms with Crippen LogP contribution in [0.5, 0.6) is 5.75 Å². The highest BCUT2D eigenvalue weighted by molar-refractivity contribution is 9.10. The predicted octanol–water partition coefficient (Wildman–Crippen LogP) is 2.03. The van der Waals surface area contributed by atoms with Gasteiger partial charge in [-0.3, -0.25) is 4.79 Å². The van der Waals surface area contributed by atoms with E-state index < -0.39 is 0 Å². The number of halogens is 1. The maximum atomic E-state index is 10.1. The Hall–Kier alpha value is -1.03. The highest BCUT2D eigenvalue weighted by atomic mass is 79.9. The van der Waals surface area contributed by atoms with Crippen molar-refractivity contribution in [2.45, 2.75) is 0 Å². The van der Waals surface area contributed by atoms with Crippen molar-refractivity contribution < 1.29 is 9.53 Å². The summed E-state index contributed by atoms with van der Waals surface area (Å²) in [5.74, 6) is 0.696. The third-order valence-corrected chi connectivity index (χ3v) is 2.03. The van der Waals surface area contributed by atoms with Gasteiger partial charge in [-0.1, -0.05) is 0 Å². The van der Waals surface area contributed by atoms with Crippen LogP contribution in [0.2, 0.25) is 0 Å². The van der Waals surface area contributed by atoms with Gasteiger partial charge in [0.1, 0.15) is 5.75 Å². The van der Waals surface area contributed by atoms with Crippen molar-refractivity contribution in [3.63, 3.8) is 0 Å². The van der Waals surface area contributed by atoms with Crippen LogP contribution in [0.15, 0.2) is 22.7 Å². The molecule has 0 aliphatic heterocycles. The van der Waals surface area contributed by atoms with Crippen LogP contribution in [0.3, 0.4) is 0 Å². The number of hydrogen-bond donors (Lipinski definition) is 1. The second-order valence-electron chi connectivity index (χ2n) is 2.11. The SMILES string of the molecule is COc1cc(NC=O)ccc1Br. The van der Waals surface area contributed by atoms with Crippen LogP contribution in [0.25, 0.3) is 0 Å². The molecule has 1 aromatic carbocycles. The van der Waals surface area contributed by atoms with Crippen molar-refractivity contribution in [1.82, 2.24) is 0 Å². The fraction of sp³-hybridized carbons (Fsp3) is 0.125. The highest BCUT2D eigenvalue weighted by Gasteiger charge is 1.99. The van der Waals surface area contributed by atoms with E-state index in [1.54, 1.807) is 19.2 Å². The molecule has 1 N–H and O–H groups in total. The standard InChI is InChI=1S/C8H8BrNO2/c1-12-8-4-6(10-5-11)2-3-7(8)9/h2-5H,1H3,(H,10,11). The second kappa shape index (κ2) is 4.11. The molecule has 0 heterocycles. The molecule has 1 rings (SSSR count). The normalized spacial score (nSPS) is 9.17. The first kappa shape index (κ1) is 9.06. The van der Waals surface area contributed by atoms with Gasteiger partial charge in [-0.25, -0.2) is 0 Å². The first-order valence-corrected chi connectivity index (χ1v) is 4.11. The molecule has 0 spiro atoms. The van der Waals surface area contributed by atoms with E-state index in [4.69, 9.17) is 4.74 Å². The molecule has 3 nitrogen and oxygen atoms in total. The summed E-state index contributed by atoms with van der Waals surface area (Å²) in [7, 11) is 1.57. The Morgan fingerprint density at radius 1 is 1.58 bits per heavy atom. The molecule has 0 radical (unpaired) electrons. The summed E-state index contributed by atoms with van der Waals surface area (Å²) in [5, 5.41) is 2.53. The Morgan fingerprint density at radius 2 is 2.33 bits per heavy atom. The summed E-state index contributed by atoms with van der Waals surface area (Å²) < 4.78 is 5.89. The van der Waals surface area contributed by atoms with Crippen LogP contribution in [0, 0.1) is 0 Å². The van der Waals surface area contributed by atoms with Crippen molar-refractivity contribution in [1.29, 1.82) is 0 Å². The quantitative estimate of drug-likeness (QED) is 0.806. The molecule has 0 bridgehead atoms. The van der Waals surface area contributed by atoms with Crippen LogP contribution in [0.1, 0.15) is 0 Å². The summed E-state index contributed by atoms with van der Waals surface area (Å²) in [6.45, 7) is 0. The number of rotatable bonds is 3. The summed E-state index contributed by atoms with van der Waals surface area (Å²) in [5.41, 5.74) is 0.713. The fourth-order valence-corrected chi connectivity index (χ4v) is 1.23. The number of benzene rings is 1. The summed E-state index contributed by atoms with van der Waals surface area (Å²) in [6, 6.07) is 5.32. The zero-order valence-electron chi connectivity index (χ0n) is 6.50. The molecule has 0 aromatic heterocycles. The maximum absolute atomic E-state index is 10.1. The summed E-state index contributed by atoms with van der Waals surface area (Å²) >= 11 is 3.30. The van der Waals surface area contributed by atoms with Crippen LogP contribution < -0.4 is 10.1 Å². The minimum Gasteiger partial charge on any atom is -0.495 e. The Bertz CT molecular complexity index is 288. The van der Waals surface area contributed by atoms with Crippen molar-refractivity contribution in [3.05, 3.63) is 22.7 Å². The molecule has 64 valence electrons. The van der Waals surface area contributed by atoms with Gasteiger partial charge in [-0.05, 0) is 28.1 Å². The summed E-state index contributed by atoms with van der Waals surface area (Å²) in [6.07, 6.45) is 0.628. The van der Waals surface area contributed by atoms with E-state index in [1.807, 2.05) is 6.07 Å². The molecular formula is C8H8BrNO2. The maximum Gasteiger partial charge on any atom is 0.211 e. The van der Waals surface area contributed by atoms with Gasteiger partial charge >= 0.3 is 0 Å². The van der Waals surface area contributed by atoms with Crippen molar-refractivity contribution in [2.24, 2.45) is 0 Å². The van der Waals surface area contributed by atoms with Gasteiger partial charge in [0.15, 0.2) is 0 Å². The molecule has 1 aromatic rings.